The fourth-order valence-corrected chi connectivity index (χ4v) is 5.06. The van der Waals surface area contributed by atoms with Crippen molar-refractivity contribution in [3.05, 3.63) is 45.7 Å². The third-order valence-electron chi connectivity index (χ3n) is 4.23. The van der Waals surface area contributed by atoms with Gasteiger partial charge >= 0.3 is 5.97 Å². The van der Waals surface area contributed by atoms with E-state index in [1.807, 2.05) is 25.1 Å². The molecular weight excluding hydrogens is 426 g/mol. The normalized spacial score (nSPS) is 15.4. The summed E-state index contributed by atoms with van der Waals surface area (Å²) in [5.74, 6) is -0.591. The van der Waals surface area contributed by atoms with Crippen molar-refractivity contribution in [1.82, 2.24) is 4.90 Å². The van der Waals surface area contributed by atoms with Crippen LogP contribution in [-0.4, -0.2) is 39.4 Å². The second-order valence-electron chi connectivity index (χ2n) is 6.57. The maximum atomic E-state index is 12.4. The van der Waals surface area contributed by atoms with E-state index in [1.165, 1.54) is 0 Å². The van der Waals surface area contributed by atoms with Gasteiger partial charge in [0.1, 0.15) is 16.6 Å². The molecule has 1 amide bonds. The van der Waals surface area contributed by atoms with Crippen LogP contribution in [0.25, 0.3) is 16.5 Å². The molecule has 8 heteroatoms. The van der Waals surface area contributed by atoms with Crippen molar-refractivity contribution in [3.63, 3.8) is 0 Å². The van der Waals surface area contributed by atoms with Gasteiger partial charge in [0.05, 0.1) is 11.5 Å². The van der Waals surface area contributed by atoms with Crippen molar-refractivity contribution in [2.45, 2.75) is 26.7 Å². The predicted molar refractivity (Wildman–Crippen MR) is 122 cm³/mol. The number of thioether (sulfide) groups is 1. The van der Waals surface area contributed by atoms with E-state index >= 15 is 0 Å². The van der Waals surface area contributed by atoms with Gasteiger partial charge in [0.25, 0.3) is 5.91 Å². The summed E-state index contributed by atoms with van der Waals surface area (Å²) >= 11 is 7.82. The molecule has 2 heterocycles. The summed E-state index contributed by atoms with van der Waals surface area (Å²) in [5, 5.41) is 8.95. The van der Waals surface area contributed by atoms with E-state index in [4.69, 9.17) is 22.1 Å². The van der Waals surface area contributed by atoms with E-state index in [0.29, 0.717) is 11.5 Å². The Bertz CT molecular complexity index is 980. The molecular formula is C21H21NO4S3. The molecule has 1 fully saturated rings. The number of aryl methyl sites for hydroxylation is 1. The molecule has 1 saturated heterocycles. The third kappa shape index (κ3) is 5.26. The van der Waals surface area contributed by atoms with Gasteiger partial charge in [-0.15, -0.1) is 11.3 Å². The maximum Gasteiger partial charge on any atom is 0.323 e. The largest absolute Gasteiger partial charge is 0.493 e. The Morgan fingerprint density at radius 2 is 2.10 bits per heavy atom. The molecule has 0 atom stereocenters. The Morgan fingerprint density at radius 1 is 1.31 bits per heavy atom. The molecule has 0 unspecified atom stereocenters. The highest BCUT2D eigenvalue weighted by Gasteiger charge is 2.33. The molecule has 2 aromatic rings. The van der Waals surface area contributed by atoms with Crippen LogP contribution in [0.4, 0.5) is 0 Å². The van der Waals surface area contributed by atoms with Gasteiger partial charge in [-0.2, -0.15) is 0 Å². The molecule has 0 aliphatic carbocycles. The quantitative estimate of drug-likeness (QED) is 0.341. The highest BCUT2D eigenvalue weighted by molar-refractivity contribution is 8.26. The van der Waals surface area contributed by atoms with Crippen LogP contribution < -0.4 is 4.74 Å². The summed E-state index contributed by atoms with van der Waals surface area (Å²) in [6.07, 6.45) is 3.84. The minimum atomic E-state index is -1.09. The molecule has 5 nitrogen and oxygen atoms in total. The Balaban J connectivity index is 1.83. The number of carbonyl (C=O) groups is 2. The summed E-state index contributed by atoms with van der Waals surface area (Å²) in [4.78, 5) is 26.9. The van der Waals surface area contributed by atoms with E-state index in [2.05, 4.69) is 19.1 Å². The lowest BCUT2D eigenvalue weighted by Gasteiger charge is -2.11. The molecule has 1 N–H and O–H groups in total. The first-order valence-electron chi connectivity index (χ1n) is 9.20. The van der Waals surface area contributed by atoms with Gasteiger partial charge in [0, 0.05) is 15.3 Å². The lowest BCUT2D eigenvalue weighted by atomic mass is 10.1. The van der Waals surface area contributed by atoms with E-state index in [-0.39, 0.29) is 10.2 Å². The number of benzene rings is 1. The molecule has 1 aliphatic heterocycles. The predicted octanol–water partition coefficient (Wildman–Crippen LogP) is 5.19. The van der Waals surface area contributed by atoms with Crippen LogP contribution in [0.2, 0.25) is 0 Å². The van der Waals surface area contributed by atoms with Crippen molar-refractivity contribution in [3.8, 4) is 16.2 Å². The van der Waals surface area contributed by atoms with Gasteiger partial charge in [-0.25, -0.2) is 0 Å². The van der Waals surface area contributed by atoms with Crippen molar-refractivity contribution in [2.24, 2.45) is 0 Å². The average Bonchev–Trinajstić information content (AvgIpc) is 3.22. The molecule has 1 aliphatic rings. The number of unbranched alkanes of at least 4 members (excludes halogenated alkanes) is 1. The van der Waals surface area contributed by atoms with Gasteiger partial charge in [0.2, 0.25) is 0 Å². The topological polar surface area (TPSA) is 66.8 Å². The van der Waals surface area contributed by atoms with Crippen LogP contribution in [0.5, 0.6) is 5.75 Å². The SMILES string of the molecule is CCCCOc1cc(C)ccc1-c1ccc(/C=C2\SC(=S)N(CC(=O)O)C2=O)s1. The molecule has 0 spiro atoms. The lowest BCUT2D eigenvalue weighted by Crippen LogP contribution is -2.33. The van der Waals surface area contributed by atoms with Gasteiger partial charge in [0.15, 0.2) is 0 Å². The smallest absolute Gasteiger partial charge is 0.323 e. The number of rotatable bonds is 8. The minimum absolute atomic E-state index is 0.269. The average molecular weight is 448 g/mol. The molecule has 0 bridgehead atoms. The number of hydrogen-bond acceptors (Lipinski definition) is 6. The number of carbonyl (C=O) groups excluding carboxylic acids is 1. The third-order valence-corrected chi connectivity index (χ3v) is 6.67. The molecule has 152 valence electrons. The molecule has 3 rings (SSSR count). The number of carboxylic acid groups (broad SMARTS) is 1. The van der Waals surface area contributed by atoms with E-state index in [1.54, 1.807) is 17.4 Å². The summed E-state index contributed by atoms with van der Waals surface area (Å²) in [6.45, 7) is 4.43. The van der Waals surface area contributed by atoms with Crippen LogP contribution in [0.1, 0.15) is 30.2 Å². The van der Waals surface area contributed by atoms with Crippen molar-refractivity contribution in [2.75, 3.05) is 13.2 Å². The zero-order valence-corrected chi connectivity index (χ0v) is 18.6. The van der Waals surface area contributed by atoms with Crippen molar-refractivity contribution < 1.29 is 19.4 Å². The maximum absolute atomic E-state index is 12.4. The zero-order valence-electron chi connectivity index (χ0n) is 16.1. The summed E-state index contributed by atoms with van der Waals surface area (Å²) in [5.41, 5.74) is 2.16. The lowest BCUT2D eigenvalue weighted by molar-refractivity contribution is -0.140. The Labute approximate surface area is 183 Å². The van der Waals surface area contributed by atoms with Crippen molar-refractivity contribution in [1.29, 1.82) is 0 Å². The molecule has 0 saturated carbocycles. The van der Waals surface area contributed by atoms with Crippen LogP contribution in [0, 0.1) is 6.92 Å². The summed E-state index contributed by atoms with van der Waals surface area (Å²) in [6, 6.07) is 10.1. The highest BCUT2D eigenvalue weighted by Crippen LogP contribution is 2.38. The first kappa shape index (κ1) is 21.5. The van der Waals surface area contributed by atoms with Gasteiger partial charge in [-0.3, -0.25) is 14.5 Å². The Kier molecular flexibility index (Phi) is 7.10. The van der Waals surface area contributed by atoms with Crippen LogP contribution >= 0.6 is 35.3 Å². The number of amides is 1. The summed E-state index contributed by atoms with van der Waals surface area (Å²) in [7, 11) is 0. The fourth-order valence-electron chi connectivity index (χ4n) is 2.75. The fraction of sp³-hybridized carbons (Fsp3) is 0.286. The second-order valence-corrected chi connectivity index (χ2v) is 9.36. The second kappa shape index (κ2) is 9.56. The van der Waals surface area contributed by atoms with Crippen LogP contribution in [0.3, 0.4) is 0 Å². The number of thiophene rings is 1. The van der Waals surface area contributed by atoms with Crippen LogP contribution in [-0.2, 0) is 9.59 Å². The molecule has 1 aromatic carbocycles. The molecule has 29 heavy (non-hydrogen) atoms. The van der Waals surface area contributed by atoms with E-state index in [0.717, 1.165) is 56.1 Å². The standard InChI is InChI=1S/C21H21NO4S3/c1-3-4-9-26-16-10-13(2)5-7-15(16)17-8-6-14(28-17)11-18-20(25)22(12-19(23)24)21(27)29-18/h5-8,10-11H,3-4,9,12H2,1-2H3,(H,23,24)/b18-11-. The van der Waals surface area contributed by atoms with E-state index < -0.39 is 12.5 Å². The number of hydrogen-bond donors (Lipinski definition) is 1. The highest BCUT2D eigenvalue weighted by atomic mass is 32.2. The first-order valence-corrected chi connectivity index (χ1v) is 11.2. The Morgan fingerprint density at radius 3 is 2.83 bits per heavy atom. The minimum Gasteiger partial charge on any atom is -0.493 e. The molecule has 1 aromatic heterocycles. The zero-order chi connectivity index (χ0) is 21.0. The van der Waals surface area contributed by atoms with Crippen LogP contribution in [0.15, 0.2) is 35.2 Å². The number of carboxylic acids is 1. The Hall–Kier alpha value is -2.16. The number of nitrogens with zero attached hydrogens (tertiary/aromatic N) is 1. The van der Waals surface area contributed by atoms with Crippen molar-refractivity contribution >= 4 is 57.6 Å². The number of thiocarbonyl (C=S) groups is 1. The van der Waals surface area contributed by atoms with Gasteiger partial charge in [-0.05, 0) is 49.2 Å². The van der Waals surface area contributed by atoms with Gasteiger partial charge in [-0.1, -0.05) is 43.4 Å². The summed E-state index contributed by atoms with van der Waals surface area (Å²) < 4.78 is 6.26. The van der Waals surface area contributed by atoms with E-state index in [9.17, 15) is 9.59 Å². The number of aliphatic carboxylic acids is 1. The monoisotopic (exact) mass is 447 g/mol. The first-order chi connectivity index (χ1) is 13.9. The molecule has 0 radical (unpaired) electrons. The van der Waals surface area contributed by atoms with Gasteiger partial charge < -0.3 is 9.84 Å². The number of ether oxygens (including phenoxy) is 1.